The Morgan fingerprint density at radius 2 is 2.18 bits per heavy atom. The topological polar surface area (TPSA) is 35.8 Å². The second kappa shape index (κ2) is 4.80. The zero-order valence-corrected chi connectivity index (χ0v) is 9.47. The molecule has 1 aliphatic heterocycles. The van der Waals surface area contributed by atoms with Gasteiger partial charge in [0.05, 0.1) is 6.07 Å². The quantitative estimate of drug-likeness (QED) is 0.875. The maximum absolute atomic E-state index is 13.3. The minimum absolute atomic E-state index is 0.218. The SMILES string of the molecule is N#CCCC1(c2ccc(F)c(F)c2)CCNC1. The van der Waals surface area contributed by atoms with Crippen molar-refractivity contribution in [1.29, 1.82) is 5.26 Å². The van der Waals surface area contributed by atoms with Crippen LogP contribution >= 0.6 is 0 Å². The fourth-order valence-corrected chi connectivity index (χ4v) is 2.47. The zero-order chi connectivity index (χ0) is 12.3. The molecule has 2 rings (SSSR count). The van der Waals surface area contributed by atoms with Gasteiger partial charge in [0.2, 0.25) is 0 Å². The van der Waals surface area contributed by atoms with E-state index in [9.17, 15) is 8.78 Å². The van der Waals surface area contributed by atoms with Crippen LogP contribution in [0.1, 0.15) is 24.8 Å². The second-order valence-corrected chi connectivity index (χ2v) is 4.49. The number of hydrogen-bond donors (Lipinski definition) is 1. The van der Waals surface area contributed by atoms with Gasteiger partial charge in [-0.15, -0.1) is 0 Å². The molecule has 1 N–H and O–H groups in total. The average Bonchev–Trinajstić information content (AvgIpc) is 2.80. The Balaban J connectivity index is 2.32. The first-order valence-electron chi connectivity index (χ1n) is 5.71. The highest BCUT2D eigenvalue weighted by Gasteiger charge is 2.35. The van der Waals surface area contributed by atoms with Gasteiger partial charge in [0.25, 0.3) is 0 Å². The van der Waals surface area contributed by atoms with E-state index in [0.717, 1.165) is 31.1 Å². The Hall–Kier alpha value is -1.47. The van der Waals surface area contributed by atoms with Gasteiger partial charge in [-0.2, -0.15) is 5.26 Å². The lowest BCUT2D eigenvalue weighted by atomic mass is 9.76. The molecule has 0 spiro atoms. The number of nitrogens with zero attached hydrogens (tertiary/aromatic N) is 1. The first kappa shape index (κ1) is 12.0. The highest BCUT2D eigenvalue weighted by Crippen LogP contribution is 2.35. The van der Waals surface area contributed by atoms with Gasteiger partial charge in [-0.25, -0.2) is 8.78 Å². The van der Waals surface area contributed by atoms with Crippen LogP contribution in [-0.2, 0) is 5.41 Å². The minimum Gasteiger partial charge on any atom is -0.316 e. The third-order valence-corrected chi connectivity index (χ3v) is 3.49. The van der Waals surface area contributed by atoms with Crippen molar-refractivity contribution < 1.29 is 8.78 Å². The summed E-state index contributed by atoms with van der Waals surface area (Å²) in [6.07, 6.45) is 1.97. The predicted molar refractivity (Wildman–Crippen MR) is 60.4 cm³/mol. The van der Waals surface area contributed by atoms with Crippen molar-refractivity contribution in [3.05, 3.63) is 35.4 Å². The molecule has 1 unspecified atom stereocenters. The summed E-state index contributed by atoms with van der Waals surface area (Å²) in [5.41, 5.74) is 0.571. The lowest BCUT2D eigenvalue weighted by Crippen LogP contribution is -2.29. The third kappa shape index (κ3) is 2.29. The Labute approximate surface area is 99.3 Å². The molecule has 1 saturated heterocycles. The van der Waals surface area contributed by atoms with E-state index in [1.54, 1.807) is 6.07 Å². The molecule has 1 aromatic rings. The molecular formula is C13H14F2N2. The minimum atomic E-state index is -0.824. The van der Waals surface area contributed by atoms with E-state index in [4.69, 9.17) is 5.26 Å². The maximum atomic E-state index is 13.3. The fourth-order valence-electron chi connectivity index (χ4n) is 2.47. The van der Waals surface area contributed by atoms with Crippen LogP contribution in [0.25, 0.3) is 0 Å². The van der Waals surface area contributed by atoms with Crippen molar-refractivity contribution >= 4 is 0 Å². The first-order chi connectivity index (χ1) is 8.18. The summed E-state index contributed by atoms with van der Waals surface area (Å²) in [5, 5.41) is 11.9. The highest BCUT2D eigenvalue weighted by molar-refractivity contribution is 5.29. The van der Waals surface area contributed by atoms with Gasteiger partial charge in [0, 0.05) is 18.4 Å². The number of rotatable bonds is 3. The molecule has 1 fully saturated rings. The standard InChI is InChI=1S/C13H14F2N2/c14-11-3-2-10(8-12(11)15)13(4-1-6-16)5-7-17-9-13/h2-3,8,17H,1,4-5,7,9H2. The van der Waals surface area contributed by atoms with E-state index in [2.05, 4.69) is 11.4 Å². The van der Waals surface area contributed by atoms with Gasteiger partial charge < -0.3 is 5.32 Å². The Kier molecular flexibility index (Phi) is 3.39. The molecule has 0 aromatic heterocycles. The van der Waals surface area contributed by atoms with Crippen LogP contribution in [0.2, 0.25) is 0 Å². The summed E-state index contributed by atoms with van der Waals surface area (Å²) in [5.74, 6) is -1.64. The summed E-state index contributed by atoms with van der Waals surface area (Å²) < 4.78 is 26.2. The molecule has 1 aromatic carbocycles. The monoisotopic (exact) mass is 236 g/mol. The third-order valence-electron chi connectivity index (χ3n) is 3.49. The molecule has 0 amide bonds. The van der Waals surface area contributed by atoms with Crippen LogP contribution in [0.5, 0.6) is 0 Å². The molecule has 0 bridgehead atoms. The van der Waals surface area contributed by atoms with Crippen LogP contribution < -0.4 is 5.32 Å². The zero-order valence-electron chi connectivity index (χ0n) is 9.47. The van der Waals surface area contributed by atoms with Crippen LogP contribution in [0, 0.1) is 23.0 Å². The lowest BCUT2D eigenvalue weighted by molar-refractivity contribution is 0.430. The van der Waals surface area contributed by atoms with Gasteiger partial charge in [-0.05, 0) is 37.1 Å². The normalized spacial score (nSPS) is 23.6. The van der Waals surface area contributed by atoms with Crippen molar-refractivity contribution in [3.63, 3.8) is 0 Å². The number of hydrogen-bond acceptors (Lipinski definition) is 2. The number of nitriles is 1. The van der Waals surface area contributed by atoms with Gasteiger partial charge in [0.15, 0.2) is 11.6 Å². The van der Waals surface area contributed by atoms with E-state index >= 15 is 0 Å². The summed E-state index contributed by atoms with van der Waals surface area (Å²) in [4.78, 5) is 0. The summed E-state index contributed by atoms with van der Waals surface area (Å²) in [6.45, 7) is 1.57. The van der Waals surface area contributed by atoms with E-state index < -0.39 is 11.6 Å². The van der Waals surface area contributed by atoms with Crippen LogP contribution in [0.3, 0.4) is 0 Å². The molecule has 90 valence electrons. The first-order valence-corrected chi connectivity index (χ1v) is 5.71. The Bertz CT molecular complexity index is 445. The van der Waals surface area contributed by atoms with E-state index in [1.165, 1.54) is 6.07 Å². The molecule has 1 heterocycles. The van der Waals surface area contributed by atoms with Crippen LogP contribution in [0.4, 0.5) is 8.78 Å². The summed E-state index contributed by atoms with van der Waals surface area (Å²) >= 11 is 0. The van der Waals surface area contributed by atoms with Crippen molar-refractivity contribution in [2.45, 2.75) is 24.7 Å². The maximum Gasteiger partial charge on any atom is 0.159 e. The molecule has 17 heavy (non-hydrogen) atoms. The van der Waals surface area contributed by atoms with Crippen molar-refractivity contribution in [2.24, 2.45) is 0 Å². The smallest absolute Gasteiger partial charge is 0.159 e. The van der Waals surface area contributed by atoms with Crippen LogP contribution in [-0.4, -0.2) is 13.1 Å². The highest BCUT2D eigenvalue weighted by atomic mass is 19.2. The fraction of sp³-hybridized carbons (Fsp3) is 0.462. The Morgan fingerprint density at radius 3 is 2.76 bits per heavy atom. The summed E-state index contributed by atoms with van der Waals surface area (Å²) in [6, 6.07) is 6.17. The van der Waals surface area contributed by atoms with Crippen molar-refractivity contribution in [3.8, 4) is 6.07 Å². The predicted octanol–water partition coefficient (Wildman–Crippen LogP) is 2.50. The van der Waals surface area contributed by atoms with Gasteiger partial charge in [-0.3, -0.25) is 0 Å². The van der Waals surface area contributed by atoms with Gasteiger partial charge >= 0.3 is 0 Å². The molecule has 4 heteroatoms. The molecule has 1 atom stereocenters. The number of halogens is 2. The van der Waals surface area contributed by atoms with Crippen molar-refractivity contribution in [2.75, 3.05) is 13.1 Å². The molecule has 0 aliphatic carbocycles. The second-order valence-electron chi connectivity index (χ2n) is 4.49. The molecule has 0 radical (unpaired) electrons. The van der Waals surface area contributed by atoms with E-state index in [-0.39, 0.29) is 5.41 Å². The summed E-state index contributed by atoms with van der Waals surface area (Å²) in [7, 11) is 0. The number of nitrogens with one attached hydrogen (secondary N) is 1. The molecule has 0 saturated carbocycles. The molecular weight excluding hydrogens is 222 g/mol. The largest absolute Gasteiger partial charge is 0.316 e. The molecule has 2 nitrogen and oxygen atoms in total. The lowest BCUT2D eigenvalue weighted by Gasteiger charge is -2.28. The Morgan fingerprint density at radius 1 is 1.35 bits per heavy atom. The van der Waals surface area contributed by atoms with E-state index in [0.29, 0.717) is 12.8 Å². The van der Waals surface area contributed by atoms with E-state index in [1.807, 2.05) is 0 Å². The van der Waals surface area contributed by atoms with Gasteiger partial charge in [-0.1, -0.05) is 6.07 Å². The molecule has 1 aliphatic rings. The van der Waals surface area contributed by atoms with Gasteiger partial charge in [0.1, 0.15) is 0 Å². The number of benzene rings is 1. The average molecular weight is 236 g/mol. The van der Waals surface area contributed by atoms with Crippen molar-refractivity contribution in [1.82, 2.24) is 5.32 Å². The van der Waals surface area contributed by atoms with Crippen LogP contribution in [0.15, 0.2) is 18.2 Å².